The van der Waals surface area contributed by atoms with Crippen LogP contribution in [0.15, 0.2) is 0 Å². The van der Waals surface area contributed by atoms with Crippen LogP contribution in [0.3, 0.4) is 0 Å². The number of carbonyl (C=O) groups excluding carboxylic acids is 1. The first kappa shape index (κ1) is 10.7. The summed E-state index contributed by atoms with van der Waals surface area (Å²) in [5.74, 6) is 0. The molecule has 86 valence electrons. The molecule has 15 heavy (non-hydrogen) atoms. The van der Waals surface area contributed by atoms with Gasteiger partial charge in [-0.2, -0.15) is 0 Å². The van der Waals surface area contributed by atoms with E-state index in [1.54, 1.807) is 7.11 Å². The summed E-state index contributed by atoms with van der Waals surface area (Å²) in [5, 5.41) is 0. The predicted molar refractivity (Wildman–Crippen MR) is 47.6 cm³/mol. The fraction of sp³-hybridized carbons (Fsp3) is 0.889. The Hall–Kier alpha value is -0.850. The summed E-state index contributed by atoms with van der Waals surface area (Å²) in [6.07, 6.45) is -1.59. The predicted octanol–water partition coefficient (Wildman–Crippen LogP) is -0.0494. The number of hydrogen-bond acceptors (Lipinski definition) is 6. The molecule has 0 saturated carbocycles. The number of ether oxygens (including phenoxy) is 5. The molecule has 0 N–H and O–H groups in total. The molecule has 6 heteroatoms. The van der Waals surface area contributed by atoms with Crippen LogP contribution in [0.2, 0.25) is 0 Å². The van der Waals surface area contributed by atoms with Crippen LogP contribution in [0, 0.1) is 0 Å². The molecule has 0 amide bonds. The summed E-state index contributed by atoms with van der Waals surface area (Å²) in [4.78, 5) is 10.9. The lowest BCUT2D eigenvalue weighted by Crippen LogP contribution is -2.34. The van der Waals surface area contributed by atoms with E-state index in [0.29, 0.717) is 13.2 Å². The zero-order valence-electron chi connectivity index (χ0n) is 8.67. The van der Waals surface area contributed by atoms with Crippen LogP contribution in [0.25, 0.3) is 0 Å². The molecule has 0 bridgehead atoms. The van der Waals surface area contributed by atoms with Gasteiger partial charge in [-0.3, -0.25) is 0 Å². The SMILES string of the molecule is COC(=O)O[C@@H]1CO[C@H]2[C@@H]1OC[C@@H]2OC. The Bertz CT molecular complexity index is 243. The molecule has 0 unspecified atom stereocenters. The van der Waals surface area contributed by atoms with E-state index in [9.17, 15) is 4.79 Å². The van der Waals surface area contributed by atoms with Gasteiger partial charge >= 0.3 is 6.16 Å². The average Bonchev–Trinajstić information content (AvgIpc) is 2.80. The van der Waals surface area contributed by atoms with Crippen molar-refractivity contribution in [1.82, 2.24) is 0 Å². The van der Waals surface area contributed by atoms with Gasteiger partial charge < -0.3 is 23.7 Å². The molecule has 0 aliphatic carbocycles. The quantitative estimate of drug-likeness (QED) is 0.605. The van der Waals surface area contributed by atoms with Crippen LogP contribution < -0.4 is 0 Å². The number of hydrogen-bond donors (Lipinski definition) is 0. The molecule has 0 aromatic rings. The third-order valence-electron chi connectivity index (χ3n) is 2.68. The van der Waals surface area contributed by atoms with Crippen molar-refractivity contribution in [1.29, 1.82) is 0 Å². The van der Waals surface area contributed by atoms with Gasteiger partial charge in [-0.25, -0.2) is 4.79 Å². The summed E-state index contributed by atoms with van der Waals surface area (Å²) in [6.45, 7) is 0.789. The van der Waals surface area contributed by atoms with E-state index < -0.39 is 12.3 Å². The van der Waals surface area contributed by atoms with Gasteiger partial charge in [0.05, 0.1) is 20.3 Å². The lowest BCUT2D eigenvalue weighted by Gasteiger charge is -2.15. The van der Waals surface area contributed by atoms with Crippen LogP contribution in [0.5, 0.6) is 0 Å². The molecular formula is C9H14O6. The maximum Gasteiger partial charge on any atom is 0.508 e. The van der Waals surface area contributed by atoms with Gasteiger partial charge in [0.25, 0.3) is 0 Å². The van der Waals surface area contributed by atoms with Crippen molar-refractivity contribution in [2.45, 2.75) is 24.4 Å². The Morgan fingerprint density at radius 3 is 2.33 bits per heavy atom. The molecule has 2 heterocycles. The molecule has 0 aromatic carbocycles. The highest BCUT2D eigenvalue weighted by Gasteiger charge is 2.49. The van der Waals surface area contributed by atoms with E-state index in [0.717, 1.165) is 0 Å². The average molecular weight is 218 g/mol. The molecule has 2 aliphatic heterocycles. The van der Waals surface area contributed by atoms with Crippen molar-refractivity contribution in [2.75, 3.05) is 27.4 Å². The fourth-order valence-electron chi connectivity index (χ4n) is 1.90. The Kier molecular flexibility index (Phi) is 3.08. The molecule has 2 aliphatic rings. The molecule has 4 atom stereocenters. The Morgan fingerprint density at radius 1 is 1.13 bits per heavy atom. The molecule has 2 rings (SSSR count). The van der Waals surface area contributed by atoms with Gasteiger partial charge in [0, 0.05) is 7.11 Å². The minimum absolute atomic E-state index is 0.0822. The molecule has 0 radical (unpaired) electrons. The van der Waals surface area contributed by atoms with Crippen LogP contribution >= 0.6 is 0 Å². The van der Waals surface area contributed by atoms with E-state index in [4.69, 9.17) is 18.9 Å². The maximum absolute atomic E-state index is 10.9. The standard InChI is InChI=1S/C9H14O6/c1-11-5-3-13-8-6(4-14-7(5)8)15-9(10)12-2/h5-8H,3-4H2,1-2H3/t5-,6+,7+,8+/m0/s1. The van der Waals surface area contributed by atoms with Crippen molar-refractivity contribution in [3.63, 3.8) is 0 Å². The normalized spacial score (nSPS) is 38.8. The van der Waals surface area contributed by atoms with Crippen molar-refractivity contribution in [2.24, 2.45) is 0 Å². The van der Waals surface area contributed by atoms with E-state index in [2.05, 4.69) is 4.74 Å². The van der Waals surface area contributed by atoms with E-state index in [1.165, 1.54) is 7.11 Å². The minimum atomic E-state index is -0.714. The summed E-state index contributed by atoms with van der Waals surface area (Å²) < 4.78 is 25.5. The molecule has 0 aromatic heterocycles. The first-order valence-corrected chi connectivity index (χ1v) is 4.77. The molecule has 2 fully saturated rings. The van der Waals surface area contributed by atoms with Gasteiger partial charge in [-0.1, -0.05) is 0 Å². The Balaban J connectivity index is 1.93. The van der Waals surface area contributed by atoms with E-state index in [1.807, 2.05) is 0 Å². The number of fused-ring (bicyclic) bond motifs is 1. The summed E-state index contributed by atoms with van der Waals surface area (Å²) in [6, 6.07) is 0. The highest BCUT2D eigenvalue weighted by molar-refractivity contribution is 5.60. The topological polar surface area (TPSA) is 63.2 Å². The second-order valence-electron chi connectivity index (χ2n) is 3.48. The van der Waals surface area contributed by atoms with Crippen molar-refractivity contribution in [3.8, 4) is 0 Å². The first-order chi connectivity index (χ1) is 7.26. The largest absolute Gasteiger partial charge is 0.508 e. The summed E-state index contributed by atoms with van der Waals surface area (Å²) in [7, 11) is 2.87. The molecule has 2 saturated heterocycles. The number of methoxy groups -OCH3 is 2. The van der Waals surface area contributed by atoms with Gasteiger partial charge in [-0.15, -0.1) is 0 Å². The molecular weight excluding hydrogens is 204 g/mol. The highest BCUT2D eigenvalue weighted by atomic mass is 16.7. The zero-order valence-corrected chi connectivity index (χ0v) is 8.67. The van der Waals surface area contributed by atoms with Crippen molar-refractivity contribution >= 4 is 6.16 Å². The zero-order chi connectivity index (χ0) is 10.8. The Morgan fingerprint density at radius 2 is 1.73 bits per heavy atom. The van der Waals surface area contributed by atoms with Crippen LogP contribution in [0.4, 0.5) is 4.79 Å². The minimum Gasteiger partial charge on any atom is -0.438 e. The lowest BCUT2D eigenvalue weighted by atomic mass is 10.1. The second-order valence-corrected chi connectivity index (χ2v) is 3.48. The maximum atomic E-state index is 10.9. The lowest BCUT2D eigenvalue weighted by molar-refractivity contribution is -0.0328. The summed E-state index contributed by atoms with van der Waals surface area (Å²) in [5.41, 5.74) is 0. The van der Waals surface area contributed by atoms with Gasteiger partial charge in [0.15, 0.2) is 6.10 Å². The highest BCUT2D eigenvalue weighted by Crippen LogP contribution is 2.30. The third-order valence-corrected chi connectivity index (χ3v) is 2.68. The summed E-state index contributed by atoms with van der Waals surface area (Å²) >= 11 is 0. The van der Waals surface area contributed by atoms with Crippen molar-refractivity contribution in [3.05, 3.63) is 0 Å². The number of carbonyl (C=O) groups is 1. The monoisotopic (exact) mass is 218 g/mol. The fourth-order valence-corrected chi connectivity index (χ4v) is 1.90. The smallest absolute Gasteiger partial charge is 0.438 e. The molecule has 0 spiro atoms. The van der Waals surface area contributed by atoms with Crippen LogP contribution in [-0.4, -0.2) is 58.0 Å². The van der Waals surface area contributed by atoms with Crippen LogP contribution in [-0.2, 0) is 23.7 Å². The van der Waals surface area contributed by atoms with E-state index >= 15 is 0 Å². The van der Waals surface area contributed by atoms with Crippen LogP contribution in [0.1, 0.15) is 0 Å². The first-order valence-electron chi connectivity index (χ1n) is 4.77. The van der Waals surface area contributed by atoms with E-state index in [-0.39, 0.29) is 18.3 Å². The molecule has 6 nitrogen and oxygen atoms in total. The number of rotatable bonds is 2. The third kappa shape index (κ3) is 1.92. The van der Waals surface area contributed by atoms with Crippen molar-refractivity contribution < 1.29 is 28.5 Å². The van der Waals surface area contributed by atoms with Gasteiger partial charge in [-0.05, 0) is 0 Å². The van der Waals surface area contributed by atoms with Gasteiger partial charge in [0.2, 0.25) is 0 Å². The van der Waals surface area contributed by atoms with Gasteiger partial charge in [0.1, 0.15) is 18.3 Å². The Labute approximate surface area is 87.4 Å². The second kappa shape index (κ2) is 4.34.